The van der Waals surface area contributed by atoms with Crippen molar-refractivity contribution in [3.63, 3.8) is 0 Å². The number of hydrogen-bond acceptors (Lipinski definition) is 2. The van der Waals surface area contributed by atoms with Crippen LogP contribution in [-0.2, 0) is 10.2 Å². The Morgan fingerprint density at radius 3 is 2.38 bits per heavy atom. The lowest BCUT2D eigenvalue weighted by Gasteiger charge is -2.39. The highest BCUT2D eigenvalue weighted by atomic mass is 16.5. The summed E-state index contributed by atoms with van der Waals surface area (Å²) >= 11 is 0. The van der Waals surface area contributed by atoms with Crippen LogP contribution in [0.4, 0.5) is 0 Å². The molecule has 3 nitrogen and oxygen atoms in total. The van der Waals surface area contributed by atoms with Gasteiger partial charge in [0.2, 0.25) is 5.91 Å². The highest BCUT2D eigenvalue weighted by molar-refractivity contribution is 5.89. The first kappa shape index (κ1) is 17.1. The Morgan fingerprint density at radius 1 is 1.00 bits per heavy atom. The van der Waals surface area contributed by atoms with Gasteiger partial charge in [0, 0.05) is 12.0 Å². The normalized spacial score (nSPS) is 22.9. The number of fused-ring (bicyclic) bond motifs is 1. The zero-order chi connectivity index (χ0) is 18.2. The van der Waals surface area contributed by atoms with Crippen LogP contribution in [0, 0.1) is 0 Å². The molecule has 1 aliphatic carbocycles. The van der Waals surface area contributed by atoms with E-state index in [2.05, 4.69) is 37.4 Å². The predicted octanol–water partition coefficient (Wildman–Crippen LogP) is 4.92. The largest absolute Gasteiger partial charge is 0.487 e. The van der Waals surface area contributed by atoms with Crippen LogP contribution in [-0.4, -0.2) is 11.5 Å². The van der Waals surface area contributed by atoms with Crippen molar-refractivity contribution in [2.45, 2.75) is 63.0 Å². The average Bonchev–Trinajstić information content (AvgIpc) is 3.13. The number of para-hydroxylation sites is 1. The van der Waals surface area contributed by atoms with E-state index in [9.17, 15) is 4.79 Å². The Labute approximate surface area is 155 Å². The Kier molecular flexibility index (Phi) is 4.26. The first-order valence-electron chi connectivity index (χ1n) is 9.65. The van der Waals surface area contributed by atoms with Crippen molar-refractivity contribution in [1.29, 1.82) is 0 Å². The quantitative estimate of drug-likeness (QED) is 0.854. The molecular weight excluding hydrogens is 322 g/mol. The van der Waals surface area contributed by atoms with Crippen molar-refractivity contribution in [3.05, 3.63) is 65.7 Å². The standard InChI is InChI=1S/C23H27NO2/c1-22(2)16-19(18-12-6-7-13-20(18)26-22)24-21(25)23(14-8-9-15-23)17-10-4-3-5-11-17/h3-7,10-13,19H,8-9,14-16H2,1-2H3,(H,24,25)/t19-/m0/s1. The summed E-state index contributed by atoms with van der Waals surface area (Å²) < 4.78 is 6.12. The highest BCUT2D eigenvalue weighted by Crippen LogP contribution is 2.44. The molecule has 136 valence electrons. The average molecular weight is 349 g/mol. The fourth-order valence-corrected chi connectivity index (χ4v) is 4.61. The first-order valence-corrected chi connectivity index (χ1v) is 9.65. The van der Waals surface area contributed by atoms with Crippen molar-refractivity contribution in [2.75, 3.05) is 0 Å². The van der Waals surface area contributed by atoms with Gasteiger partial charge in [-0.25, -0.2) is 0 Å². The summed E-state index contributed by atoms with van der Waals surface area (Å²) in [6, 6.07) is 18.4. The van der Waals surface area contributed by atoms with Crippen LogP contribution in [0.1, 0.15) is 63.1 Å². The molecule has 26 heavy (non-hydrogen) atoms. The van der Waals surface area contributed by atoms with Gasteiger partial charge in [0.25, 0.3) is 0 Å². The van der Waals surface area contributed by atoms with E-state index >= 15 is 0 Å². The van der Waals surface area contributed by atoms with E-state index in [1.165, 1.54) is 0 Å². The topological polar surface area (TPSA) is 38.3 Å². The molecule has 1 saturated carbocycles. The maximum Gasteiger partial charge on any atom is 0.231 e. The minimum Gasteiger partial charge on any atom is -0.487 e. The van der Waals surface area contributed by atoms with Gasteiger partial charge in [-0.3, -0.25) is 4.79 Å². The number of nitrogens with one attached hydrogen (secondary N) is 1. The van der Waals surface area contributed by atoms with Crippen LogP contribution in [0.3, 0.4) is 0 Å². The van der Waals surface area contributed by atoms with Gasteiger partial charge in [-0.15, -0.1) is 0 Å². The SMILES string of the molecule is CC1(C)C[C@H](NC(=O)C2(c3ccccc3)CCCC2)c2ccccc2O1. The maximum atomic E-state index is 13.5. The lowest BCUT2D eigenvalue weighted by atomic mass is 9.77. The molecule has 1 N–H and O–H groups in total. The molecule has 2 aromatic rings. The number of amides is 1. The van der Waals surface area contributed by atoms with Crippen molar-refractivity contribution in [3.8, 4) is 5.75 Å². The minimum absolute atomic E-state index is 0.0105. The molecule has 1 heterocycles. The van der Waals surface area contributed by atoms with Gasteiger partial charge < -0.3 is 10.1 Å². The van der Waals surface area contributed by atoms with E-state index < -0.39 is 5.41 Å². The second-order valence-corrected chi connectivity index (χ2v) is 8.28. The van der Waals surface area contributed by atoms with Crippen LogP contribution < -0.4 is 10.1 Å². The Bertz CT molecular complexity index is 791. The number of carbonyl (C=O) groups is 1. The number of ether oxygens (including phenoxy) is 1. The zero-order valence-electron chi connectivity index (χ0n) is 15.6. The molecule has 1 aliphatic heterocycles. The summed E-state index contributed by atoms with van der Waals surface area (Å²) in [5, 5.41) is 3.39. The monoisotopic (exact) mass is 349 g/mol. The van der Waals surface area contributed by atoms with Crippen LogP contribution in [0.25, 0.3) is 0 Å². The van der Waals surface area contributed by atoms with Crippen LogP contribution in [0.5, 0.6) is 5.75 Å². The number of rotatable bonds is 3. The second-order valence-electron chi connectivity index (χ2n) is 8.28. The summed E-state index contributed by atoms with van der Waals surface area (Å²) in [7, 11) is 0. The van der Waals surface area contributed by atoms with Gasteiger partial charge in [-0.05, 0) is 38.3 Å². The number of benzene rings is 2. The summed E-state index contributed by atoms with van der Waals surface area (Å²) in [4.78, 5) is 13.5. The number of carbonyl (C=O) groups excluding carboxylic acids is 1. The van der Waals surface area contributed by atoms with Crippen LogP contribution in [0.15, 0.2) is 54.6 Å². The molecule has 3 heteroatoms. The van der Waals surface area contributed by atoms with Crippen LogP contribution in [0.2, 0.25) is 0 Å². The lowest BCUT2D eigenvalue weighted by Crippen LogP contribution is -2.47. The first-order chi connectivity index (χ1) is 12.5. The molecule has 2 aliphatic rings. The fraction of sp³-hybridized carbons (Fsp3) is 0.435. The smallest absolute Gasteiger partial charge is 0.231 e. The van der Waals surface area contributed by atoms with Gasteiger partial charge in [-0.1, -0.05) is 61.4 Å². The minimum atomic E-state index is -0.390. The molecule has 0 aromatic heterocycles. The molecule has 4 rings (SSSR count). The van der Waals surface area contributed by atoms with E-state index in [0.29, 0.717) is 0 Å². The summed E-state index contributed by atoms with van der Waals surface area (Å²) in [6.07, 6.45) is 4.85. The molecule has 0 spiro atoms. The van der Waals surface area contributed by atoms with E-state index in [1.807, 2.05) is 36.4 Å². The molecule has 0 saturated heterocycles. The summed E-state index contributed by atoms with van der Waals surface area (Å²) in [5.74, 6) is 1.05. The third-order valence-corrected chi connectivity index (χ3v) is 5.90. The van der Waals surface area contributed by atoms with Gasteiger partial charge in [0.1, 0.15) is 11.4 Å². The van der Waals surface area contributed by atoms with Crippen LogP contribution >= 0.6 is 0 Å². The molecule has 0 radical (unpaired) electrons. The molecular formula is C23H27NO2. The van der Waals surface area contributed by atoms with E-state index in [0.717, 1.165) is 49.0 Å². The summed E-state index contributed by atoms with van der Waals surface area (Å²) in [6.45, 7) is 4.18. The predicted molar refractivity (Wildman–Crippen MR) is 103 cm³/mol. The van der Waals surface area contributed by atoms with Crippen molar-refractivity contribution in [1.82, 2.24) is 5.32 Å². The van der Waals surface area contributed by atoms with E-state index in [1.54, 1.807) is 0 Å². The van der Waals surface area contributed by atoms with Crippen molar-refractivity contribution in [2.24, 2.45) is 0 Å². The van der Waals surface area contributed by atoms with E-state index in [-0.39, 0.29) is 17.6 Å². The Balaban J connectivity index is 1.65. The third-order valence-electron chi connectivity index (χ3n) is 5.90. The zero-order valence-corrected chi connectivity index (χ0v) is 15.6. The Morgan fingerprint density at radius 2 is 1.65 bits per heavy atom. The van der Waals surface area contributed by atoms with Crippen molar-refractivity contribution >= 4 is 5.91 Å². The molecule has 0 unspecified atom stereocenters. The van der Waals surface area contributed by atoms with Gasteiger partial charge in [0.05, 0.1) is 11.5 Å². The molecule has 1 amide bonds. The molecule has 1 atom stereocenters. The van der Waals surface area contributed by atoms with Gasteiger partial charge in [0.15, 0.2) is 0 Å². The van der Waals surface area contributed by atoms with Gasteiger partial charge >= 0.3 is 0 Å². The Hall–Kier alpha value is -2.29. The summed E-state index contributed by atoms with van der Waals surface area (Å²) in [5.41, 5.74) is 1.55. The molecule has 2 aromatic carbocycles. The highest BCUT2D eigenvalue weighted by Gasteiger charge is 2.44. The molecule has 1 fully saturated rings. The third kappa shape index (κ3) is 3.00. The second kappa shape index (κ2) is 6.46. The fourth-order valence-electron chi connectivity index (χ4n) is 4.61. The molecule has 0 bridgehead atoms. The number of hydrogen-bond donors (Lipinski definition) is 1. The van der Waals surface area contributed by atoms with Gasteiger partial charge in [-0.2, -0.15) is 0 Å². The van der Waals surface area contributed by atoms with Crippen molar-refractivity contribution < 1.29 is 9.53 Å². The maximum absolute atomic E-state index is 13.5. The lowest BCUT2D eigenvalue weighted by molar-refractivity contribution is -0.128. The van der Waals surface area contributed by atoms with E-state index in [4.69, 9.17) is 4.74 Å².